The number of piperazine rings is 1. The molecule has 2 unspecified atom stereocenters. The van der Waals surface area contributed by atoms with Crippen LogP contribution in [0.4, 0.5) is 0 Å². The summed E-state index contributed by atoms with van der Waals surface area (Å²) in [5.41, 5.74) is 1.68. The molecule has 1 aromatic rings. The van der Waals surface area contributed by atoms with Gasteiger partial charge in [-0.05, 0) is 68.9 Å². The van der Waals surface area contributed by atoms with Crippen molar-refractivity contribution in [3.8, 4) is 0 Å². The lowest BCUT2D eigenvalue weighted by atomic mass is 9.96. The van der Waals surface area contributed by atoms with Crippen molar-refractivity contribution in [2.24, 2.45) is 5.92 Å². The SMILES string of the molecule is O=C1CCC(N2C(=O)c3ccc(CN4CCN(CCC5CCCNC5)CC4)cc3C2=O)C(=O)N1. The zero-order chi connectivity index (χ0) is 23.7. The van der Waals surface area contributed by atoms with Gasteiger partial charge in [0.25, 0.3) is 11.8 Å². The summed E-state index contributed by atoms with van der Waals surface area (Å²) < 4.78 is 0. The van der Waals surface area contributed by atoms with Gasteiger partial charge in [-0.3, -0.25) is 34.3 Å². The maximum atomic E-state index is 13.0. The van der Waals surface area contributed by atoms with Crippen LogP contribution in [0.3, 0.4) is 0 Å². The summed E-state index contributed by atoms with van der Waals surface area (Å²) in [7, 11) is 0. The summed E-state index contributed by atoms with van der Waals surface area (Å²) >= 11 is 0. The number of benzene rings is 1. The first kappa shape index (κ1) is 23.1. The van der Waals surface area contributed by atoms with E-state index in [1.807, 2.05) is 6.07 Å². The van der Waals surface area contributed by atoms with E-state index in [1.165, 1.54) is 19.3 Å². The molecule has 4 aliphatic rings. The smallest absolute Gasteiger partial charge is 0.262 e. The summed E-state index contributed by atoms with van der Waals surface area (Å²) in [4.78, 5) is 55.6. The molecular formula is C25H33N5O4. The molecule has 182 valence electrons. The molecule has 3 saturated heterocycles. The summed E-state index contributed by atoms with van der Waals surface area (Å²) in [5.74, 6) is -1.05. The number of amides is 4. The van der Waals surface area contributed by atoms with Gasteiger partial charge in [0.2, 0.25) is 11.8 Å². The molecule has 3 fully saturated rings. The normalized spacial score (nSPS) is 26.6. The van der Waals surface area contributed by atoms with Crippen molar-refractivity contribution in [2.75, 3.05) is 45.8 Å². The van der Waals surface area contributed by atoms with Gasteiger partial charge in [-0.1, -0.05) is 6.07 Å². The lowest BCUT2D eigenvalue weighted by Crippen LogP contribution is -2.54. The summed E-state index contributed by atoms with van der Waals surface area (Å²) in [6.07, 6.45) is 4.19. The van der Waals surface area contributed by atoms with E-state index in [2.05, 4.69) is 20.4 Å². The van der Waals surface area contributed by atoms with Gasteiger partial charge in [0.1, 0.15) is 6.04 Å². The summed E-state index contributed by atoms with van der Waals surface area (Å²) in [5, 5.41) is 5.73. The van der Waals surface area contributed by atoms with Crippen molar-refractivity contribution in [3.05, 3.63) is 34.9 Å². The standard InChI is InChI=1S/C25H33N5O4/c31-22-6-5-21(23(32)27-22)30-24(33)19-4-3-18(14-20(19)25(30)34)16-29-12-10-28(11-13-29)9-7-17-2-1-8-26-15-17/h3-4,14,17,21,26H,1-2,5-13,15-16H2,(H,27,31,32). The number of piperidine rings is 2. The lowest BCUT2D eigenvalue weighted by Gasteiger charge is -2.35. The van der Waals surface area contributed by atoms with E-state index in [-0.39, 0.29) is 18.7 Å². The molecule has 2 atom stereocenters. The third-order valence-electron chi connectivity index (χ3n) is 7.63. The number of hydrogen-bond donors (Lipinski definition) is 2. The molecule has 2 N–H and O–H groups in total. The van der Waals surface area contributed by atoms with E-state index >= 15 is 0 Å². The van der Waals surface area contributed by atoms with Crippen LogP contribution in [0.5, 0.6) is 0 Å². The van der Waals surface area contributed by atoms with Crippen molar-refractivity contribution >= 4 is 23.6 Å². The molecule has 9 heteroatoms. The Morgan fingerprint density at radius 2 is 1.68 bits per heavy atom. The second kappa shape index (κ2) is 9.93. The molecular weight excluding hydrogens is 434 g/mol. The largest absolute Gasteiger partial charge is 0.316 e. The van der Waals surface area contributed by atoms with E-state index in [1.54, 1.807) is 12.1 Å². The zero-order valence-corrected chi connectivity index (χ0v) is 19.6. The van der Waals surface area contributed by atoms with Crippen LogP contribution in [0.1, 0.15) is 58.4 Å². The van der Waals surface area contributed by atoms with E-state index in [9.17, 15) is 19.2 Å². The average molecular weight is 468 g/mol. The van der Waals surface area contributed by atoms with Gasteiger partial charge < -0.3 is 10.2 Å². The number of hydrogen-bond acceptors (Lipinski definition) is 7. The Bertz CT molecular complexity index is 982. The number of carbonyl (C=O) groups is 4. The molecule has 0 bridgehead atoms. The van der Waals surface area contributed by atoms with Crippen LogP contribution >= 0.6 is 0 Å². The van der Waals surface area contributed by atoms with E-state index in [0.717, 1.165) is 68.7 Å². The van der Waals surface area contributed by atoms with Crippen molar-refractivity contribution in [1.82, 2.24) is 25.3 Å². The third kappa shape index (κ3) is 4.78. The highest BCUT2D eigenvalue weighted by Crippen LogP contribution is 2.28. The van der Waals surface area contributed by atoms with Crippen molar-refractivity contribution in [2.45, 2.75) is 44.7 Å². The van der Waals surface area contributed by atoms with Crippen LogP contribution in [-0.2, 0) is 16.1 Å². The minimum absolute atomic E-state index is 0.124. The topological polar surface area (TPSA) is 102 Å². The Morgan fingerprint density at radius 3 is 2.41 bits per heavy atom. The molecule has 0 spiro atoms. The molecule has 0 saturated carbocycles. The molecule has 4 amide bonds. The van der Waals surface area contributed by atoms with Gasteiger partial charge in [-0.15, -0.1) is 0 Å². The molecule has 5 rings (SSSR count). The minimum atomic E-state index is -0.925. The van der Waals surface area contributed by atoms with Gasteiger partial charge in [-0.2, -0.15) is 0 Å². The summed E-state index contributed by atoms with van der Waals surface area (Å²) in [6.45, 7) is 8.26. The molecule has 0 radical (unpaired) electrons. The quantitative estimate of drug-likeness (QED) is 0.591. The van der Waals surface area contributed by atoms with E-state index in [0.29, 0.717) is 11.1 Å². The van der Waals surface area contributed by atoms with Crippen LogP contribution in [0, 0.1) is 5.92 Å². The number of fused-ring (bicyclic) bond motifs is 1. The number of carbonyl (C=O) groups excluding carboxylic acids is 4. The lowest BCUT2D eigenvalue weighted by molar-refractivity contribution is -0.136. The van der Waals surface area contributed by atoms with E-state index < -0.39 is 23.8 Å². The Kier molecular flexibility index (Phi) is 6.76. The summed E-state index contributed by atoms with van der Waals surface area (Å²) in [6, 6.07) is 4.47. The monoisotopic (exact) mass is 467 g/mol. The van der Waals surface area contributed by atoms with Gasteiger partial charge in [-0.25, -0.2) is 0 Å². The van der Waals surface area contributed by atoms with Gasteiger partial charge in [0.15, 0.2) is 0 Å². The van der Waals surface area contributed by atoms with Crippen molar-refractivity contribution in [3.63, 3.8) is 0 Å². The maximum absolute atomic E-state index is 13.0. The Balaban J connectivity index is 1.16. The zero-order valence-electron chi connectivity index (χ0n) is 19.6. The highest BCUT2D eigenvalue weighted by atomic mass is 16.2. The molecule has 9 nitrogen and oxygen atoms in total. The van der Waals surface area contributed by atoms with Crippen LogP contribution in [0.25, 0.3) is 0 Å². The maximum Gasteiger partial charge on any atom is 0.262 e. The van der Waals surface area contributed by atoms with Crippen LogP contribution in [0.15, 0.2) is 18.2 Å². The number of rotatable bonds is 6. The minimum Gasteiger partial charge on any atom is -0.316 e. The van der Waals surface area contributed by atoms with Crippen molar-refractivity contribution in [1.29, 1.82) is 0 Å². The second-order valence-electron chi connectivity index (χ2n) is 9.95. The second-order valence-corrected chi connectivity index (χ2v) is 9.95. The van der Waals surface area contributed by atoms with Gasteiger partial charge in [0, 0.05) is 39.1 Å². The van der Waals surface area contributed by atoms with Crippen molar-refractivity contribution < 1.29 is 19.2 Å². The number of imide groups is 2. The molecule has 0 aromatic heterocycles. The average Bonchev–Trinajstić information content (AvgIpc) is 3.09. The Labute approximate surface area is 199 Å². The predicted octanol–water partition coefficient (Wildman–Crippen LogP) is 0.595. The Hall–Kier alpha value is -2.62. The molecule has 4 aliphatic heterocycles. The highest BCUT2D eigenvalue weighted by Gasteiger charge is 2.44. The highest BCUT2D eigenvalue weighted by molar-refractivity contribution is 6.23. The molecule has 0 aliphatic carbocycles. The van der Waals surface area contributed by atoms with Gasteiger partial charge >= 0.3 is 0 Å². The number of nitrogens with one attached hydrogen (secondary N) is 2. The van der Waals surface area contributed by atoms with E-state index in [4.69, 9.17) is 0 Å². The van der Waals surface area contributed by atoms with Crippen LogP contribution in [0.2, 0.25) is 0 Å². The van der Waals surface area contributed by atoms with Crippen LogP contribution in [-0.4, -0.2) is 90.2 Å². The molecule has 34 heavy (non-hydrogen) atoms. The fourth-order valence-electron chi connectivity index (χ4n) is 5.58. The van der Waals surface area contributed by atoms with Gasteiger partial charge in [0.05, 0.1) is 11.1 Å². The number of nitrogens with zero attached hydrogens (tertiary/aromatic N) is 3. The molecule has 1 aromatic carbocycles. The van der Waals surface area contributed by atoms with Crippen LogP contribution < -0.4 is 10.6 Å². The molecule has 4 heterocycles. The first-order valence-corrected chi connectivity index (χ1v) is 12.5. The third-order valence-corrected chi connectivity index (χ3v) is 7.63. The first-order chi connectivity index (χ1) is 16.5. The Morgan fingerprint density at radius 1 is 0.912 bits per heavy atom. The first-order valence-electron chi connectivity index (χ1n) is 12.5. The fraction of sp³-hybridized carbons (Fsp3) is 0.600. The fourth-order valence-corrected chi connectivity index (χ4v) is 5.58. The predicted molar refractivity (Wildman–Crippen MR) is 125 cm³/mol.